The lowest BCUT2D eigenvalue weighted by Crippen LogP contribution is -2.16. The van der Waals surface area contributed by atoms with Crippen LogP contribution in [0.25, 0.3) is 0 Å². The van der Waals surface area contributed by atoms with E-state index in [4.69, 9.17) is 0 Å². The van der Waals surface area contributed by atoms with E-state index in [-0.39, 0.29) is 0 Å². The zero-order valence-corrected chi connectivity index (χ0v) is 21.4. The van der Waals surface area contributed by atoms with E-state index in [9.17, 15) is 4.79 Å². The third-order valence-corrected chi connectivity index (χ3v) is 5.89. The first kappa shape index (κ1) is 30.3. The van der Waals surface area contributed by atoms with Gasteiger partial charge in [-0.05, 0) is 50.5 Å². The molecular weight excluding hydrogens is 352 g/mol. The maximum Gasteiger partial charge on any atom is 0.155 e. The molecule has 0 aromatic heterocycles. The first-order valence-corrected chi connectivity index (χ1v) is 12.6. The number of carbonyl (C=O) groups is 1. The molecule has 0 saturated carbocycles. The fourth-order valence-corrected chi connectivity index (χ4v) is 3.62. The number of hydrogen-bond donors (Lipinski definition) is 0. The zero-order chi connectivity index (χ0) is 22.7. The van der Waals surface area contributed by atoms with E-state index in [2.05, 4.69) is 48.1 Å². The Kier molecular flexibility index (Phi) is 21.4. The summed E-state index contributed by atoms with van der Waals surface area (Å²) in [4.78, 5) is 11.3. The molecule has 0 bridgehead atoms. The SMILES string of the molecule is C=C(C(C)C)C(CCCC)C(C)CC.CCCCCCCCCC(=O)C=C(C)C. The molecule has 0 amide bonds. The predicted octanol–water partition coefficient (Wildman–Crippen LogP) is 9.71. The number of rotatable bonds is 16. The average molecular weight is 407 g/mol. The van der Waals surface area contributed by atoms with E-state index in [0.717, 1.165) is 30.3 Å². The molecule has 0 fully saturated rings. The molecule has 0 N–H and O–H groups in total. The van der Waals surface area contributed by atoms with Gasteiger partial charge in [0.05, 0.1) is 0 Å². The van der Waals surface area contributed by atoms with Crippen molar-refractivity contribution in [1.82, 2.24) is 0 Å². The molecule has 1 heteroatoms. The number of carbonyl (C=O) groups excluding carboxylic acids is 1. The van der Waals surface area contributed by atoms with Crippen molar-refractivity contribution in [2.45, 2.75) is 132 Å². The van der Waals surface area contributed by atoms with E-state index < -0.39 is 0 Å². The monoisotopic (exact) mass is 406 g/mol. The van der Waals surface area contributed by atoms with Crippen LogP contribution in [-0.4, -0.2) is 5.78 Å². The fraction of sp³-hybridized carbons (Fsp3) is 0.821. The van der Waals surface area contributed by atoms with Crippen LogP contribution in [0.15, 0.2) is 23.8 Å². The van der Waals surface area contributed by atoms with Crippen molar-refractivity contribution >= 4 is 5.78 Å². The standard InChI is InChI=1S/C14H26O.C14H28/c1-4-5-6-7-8-9-10-11-14(15)12-13(2)3;1-7-9-10-14(12(5)8-2)13(6)11(3)4/h12H,4-11H2,1-3H3;11-12,14H,6-10H2,1-5H3. The predicted molar refractivity (Wildman–Crippen MR) is 133 cm³/mol. The van der Waals surface area contributed by atoms with Gasteiger partial charge in [-0.15, -0.1) is 0 Å². The van der Waals surface area contributed by atoms with E-state index in [0.29, 0.717) is 11.7 Å². The van der Waals surface area contributed by atoms with Crippen molar-refractivity contribution in [2.24, 2.45) is 17.8 Å². The van der Waals surface area contributed by atoms with E-state index in [1.165, 1.54) is 69.8 Å². The molecule has 0 aliphatic rings. The van der Waals surface area contributed by atoms with Gasteiger partial charge in [-0.3, -0.25) is 4.79 Å². The normalized spacial score (nSPS) is 12.7. The van der Waals surface area contributed by atoms with Crippen molar-refractivity contribution in [3.05, 3.63) is 23.8 Å². The second-order valence-electron chi connectivity index (χ2n) is 9.42. The highest BCUT2D eigenvalue weighted by molar-refractivity contribution is 5.90. The molecule has 0 radical (unpaired) electrons. The van der Waals surface area contributed by atoms with Gasteiger partial charge >= 0.3 is 0 Å². The van der Waals surface area contributed by atoms with Gasteiger partial charge in [0.25, 0.3) is 0 Å². The molecule has 0 aliphatic carbocycles. The Morgan fingerprint density at radius 2 is 1.34 bits per heavy atom. The number of unbranched alkanes of at least 4 members (excludes halogenated alkanes) is 7. The van der Waals surface area contributed by atoms with Gasteiger partial charge in [0.1, 0.15) is 0 Å². The molecule has 0 aliphatic heterocycles. The minimum atomic E-state index is 0.295. The Bertz CT molecular complexity index is 426. The lowest BCUT2D eigenvalue weighted by Gasteiger charge is -2.27. The van der Waals surface area contributed by atoms with E-state index in [1.807, 2.05) is 13.8 Å². The average Bonchev–Trinajstić information content (AvgIpc) is 2.66. The van der Waals surface area contributed by atoms with E-state index >= 15 is 0 Å². The van der Waals surface area contributed by atoms with Crippen molar-refractivity contribution in [3.8, 4) is 0 Å². The summed E-state index contributed by atoms with van der Waals surface area (Å²) < 4.78 is 0. The van der Waals surface area contributed by atoms with Crippen LogP contribution < -0.4 is 0 Å². The third-order valence-electron chi connectivity index (χ3n) is 5.89. The van der Waals surface area contributed by atoms with Crippen LogP contribution in [0.2, 0.25) is 0 Å². The Balaban J connectivity index is 0. The molecular formula is C28H54O. The highest BCUT2D eigenvalue weighted by Crippen LogP contribution is 2.31. The molecule has 1 nitrogen and oxygen atoms in total. The summed E-state index contributed by atoms with van der Waals surface area (Å²) in [6.45, 7) is 21.9. The summed E-state index contributed by atoms with van der Waals surface area (Å²) in [7, 11) is 0. The Morgan fingerprint density at radius 3 is 1.79 bits per heavy atom. The van der Waals surface area contributed by atoms with Gasteiger partial charge in [0.2, 0.25) is 0 Å². The molecule has 0 rings (SSSR count). The lowest BCUT2D eigenvalue weighted by molar-refractivity contribution is -0.114. The van der Waals surface area contributed by atoms with Crippen LogP contribution in [0.4, 0.5) is 0 Å². The Hall–Kier alpha value is -0.850. The molecule has 172 valence electrons. The van der Waals surface area contributed by atoms with Gasteiger partial charge in [0, 0.05) is 6.42 Å². The quantitative estimate of drug-likeness (QED) is 0.142. The molecule has 0 aromatic rings. The highest BCUT2D eigenvalue weighted by Gasteiger charge is 2.20. The summed E-state index contributed by atoms with van der Waals surface area (Å²) in [6, 6.07) is 0. The topological polar surface area (TPSA) is 17.1 Å². The maximum absolute atomic E-state index is 11.3. The van der Waals surface area contributed by atoms with Gasteiger partial charge in [0.15, 0.2) is 5.78 Å². The van der Waals surface area contributed by atoms with Gasteiger partial charge in [-0.2, -0.15) is 0 Å². The van der Waals surface area contributed by atoms with Gasteiger partial charge in [-0.25, -0.2) is 0 Å². The largest absolute Gasteiger partial charge is 0.295 e. The van der Waals surface area contributed by atoms with Crippen LogP contribution in [0.1, 0.15) is 132 Å². The number of allylic oxidation sites excluding steroid dienone is 3. The first-order valence-electron chi connectivity index (χ1n) is 12.6. The summed E-state index contributed by atoms with van der Waals surface area (Å²) in [5.74, 6) is 2.49. The van der Waals surface area contributed by atoms with Crippen LogP contribution in [0.3, 0.4) is 0 Å². The minimum Gasteiger partial charge on any atom is -0.295 e. The summed E-state index contributed by atoms with van der Waals surface area (Å²) in [5.41, 5.74) is 2.58. The molecule has 2 atom stereocenters. The zero-order valence-electron chi connectivity index (χ0n) is 21.4. The fourth-order valence-electron chi connectivity index (χ4n) is 3.62. The Labute approximate surface area is 184 Å². The number of hydrogen-bond acceptors (Lipinski definition) is 1. The maximum atomic E-state index is 11.3. The first-order chi connectivity index (χ1) is 13.7. The second kappa shape index (κ2) is 20.4. The van der Waals surface area contributed by atoms with Crippen molar-refractivity contribution in [2.75, 3.05) is 0 Å². The molecule has 0 spiro atoms. The van der Waals surface area contributed by atoms with Crippen LogP contribution in [-0.2, 0) is 4.79 Å². The smallest absolute Gasteiger partial charge is 0.155 e. The summed E-state index contributed by atoms with van der Waals surface area (Å²) in [6.07, 6.45) is 16.7. The second-order valence-corrected chi connectivity index (χ2v) is 9.42. The van der Waals surface area contributed by atoms with Crippen LogP contribution in [0, 0.1) is 17.8 Å². The third kappa shape index (κ3) is 18.9. The molecule has 29 heavy (non-hydrogen) atoms. The van der Waals surface area contributed by atoms with Crippen molar-refractivity contribution in [1.29, 1.82) is 0 Å². The molecule has 0 aromatic carbocycles. The summed E-state index contributed by atoms with van der Waals surface area (Å²) >= 11 is 0. The van der Waals surface area contributed by atoms with E-state index in [1.54, 1.807) is 6.08 Å². The summed E-state index contributed by atoms with van der Waals surface area (Å²) in [5, 5.41) is 0. The minimum absolute atomic E-state index is 0.295. The Morgan fingerprint density at radius 1 is 0.828 bits per heavy atom. The van der Waals surface area contributed by atoms with Gasteiger partial charge in [-0.1, -0.05) is 117 Å². The van der Waals surface area contributed by atoms with Crippen molar-refractivity contribution < 1.29 is 4.79 Å². The van der Waals surface area contributed by atoms with Gasteiger partial charge < -0.3 is 0 Å². The lowest BCUT2D eigenvalue weighted by atomic mass is 9.78. The van der Waals surface area contributed by atoms with Crippen LogP contribution >= 0.6 is 0 Å². The number of ketones is 1. The van der Waals surface area contributed by atoms with Crippen molar-refractivity contribution in [3.63, 3.8) is 0 Å². The highest BCUT2D eigenvalue weighted by atomic mass is 16.1. The molecule has 0 heterocycles. The molecule has 2 unspecified atom stereocenters. The van der Waals surface area contributed by atoms with Crippen LogP contribution in [0.5, 0.6) is 0 Å². The molecule has 0 saturated heterocycles.